The zero-order valence-electron chi connectivity index (χ0n) is 14.2. The highest BCUT2D eigenvalue weighted by Crippen LogP contribution is 2.25. The number of urea groups is 1. The monoisotopic (exact) mass is 377 g/mol. The first kappa shape index (κ1) is 17.7. The van der Waals surface area contributed by atoms with Gasteiger partial charge >= 0.3 is 6.03 Å². The number of thioether (sulfide) groups is 1. The Morgan fingerprint density at radius 1 is 1.40 bits per heavy atom. The molecular weight excluding hydrogens is 358 g/mol. The number of anilines is 1. The molecule has 3 rings (SSSR count). The molecule has 0 aliphatic carbocycles. The van der Waals surface area contributed by atoms with Crippen LogP contribution in [-0.2, 0) is 6.54 Å². The third-order valence-electron chi connectivity index (χ3n) is 3.44. The lowest BCUT2D eigenvalue weighted by atomic mass is 10.1. The number of benzene rings is 1. The number of carbonyl (C=O) groups is 1. The number of rotatable bonds is 6. The highest BCUT2D eigenvalue weighted by Gasteiger charge is 2.13. The first-order valence-electron chi connectivity index (χ1n) is 7.96. The number of hydrogen-bond donors (Lipinski definition) is 2. The van der Waals surface area contributed by atoms with E-state index in [-0.39, 0.29) is 11.9 Å². The van der Waals surface area contributed by atoms with E-state index < -0.39 is 0 Å². The lowest BCUT2D eigenvalue weighted by molar-refractivity contribution is 0.252. The van der Waals surface area contributed by atoms with Crippen molar-refractivity contribution in [3.8, 4) is 0 Å². The Hall–Kier alpha value is -2.13. The number of nitrogens with one attached hydrogen (secondary N) is 2. The SMILES string of the molecule is CCSc1nc2ccc(NC(=O)NCc3snnc3C(C)C)cc2o1. The Morgan fingerprint density at radius 3 is 3.00 bits per heavy atom. The van der Waals surface area contributed by atoms with Crippen molar-refractivity contribution in [1.29, 1.82) is 0 Å². The predicted octanol–water partition coefficient (Wildman–Crippen LogP) is 4.24. The molecule has 0 aliphatic heterocycles. The molecule has 0 saturated heterocycles. The van der Waals surface area contributed by atoms with Gasteiger partial charge in [-0.1, -0.05) is 37.0 Å². The van der Waals surface area contributed by atoms with Crippen molar-refractivity contribution in [2.75, 3.05) is 11.1 Å². The number of aromatic nitrogens is 3. The first-order valence-corrected chi connectivity index (χ1v) is 9.72. The van der Waals surface area contributed by atoms with Crippen molar-refractivity contribution in [2.45, 2.75) is 38.5 Å². The molecule has 2 heterocycles. The van der Waals surface area contributed by atoms with Crippen molar-refractivity contribution < 1.29 is 9.21 Å². The number of amides is 2. The molecule has 3 aromatic rings. The van der Waals surface area contributed by atoms with Gasteiger partial charge in [0.15, 0.2) is 5.58 Å². The van der Waals surface area contributed by atoms with E-state index in [1.165, 1.54) is 11.5 Å². The van der Waals surface area contributed by atoms with Crippen LogP contribution in [0.25, 0.3) is 11.1 Å². The van der Waals surface area contributed by atoms with Crippen LogP contribution in [0.1, 0.15) is 37.3 Å². The molecule has 0 aliphatic rings. The molecule has 2 amide bonds. The number of oxazole rings is 1. The fraction of sp³-hybridized carbons (Fsp3) is 0.375. The molecule has 2 N–H and O–H groups in total. The molecule has 0 unspecified atom stereocenters. The molecule has 0 saturated carbocycles. The van der Waals surface area contributed by atoms with Gasteiger partial charge in [0.1, 0.15) is 5.52 Å². The Bertz CT molecular complexity index is 874. The van der Waals surface area contributed by atoms with Crippen LogP contribution in [0.15, 0.2) is 27.8 Å². The lowest BCUT2D eigenvalue weighted by Crippen LogP contribution is -2.28. The van der Waals surface area contributed by atoms with Crippen LogP contribution >= 0.6 is 23.3 Å². The zero-order chi connectivity index (χ0) is 17.8. The van der Waals surface area contributed by atoms with Gasteiger partial charge in [-0.3, -0.25) is 0 Å². The first-order chi connectivity index (χ1) is 12.1. The molecule has 2 aromatic heterocycles. The second-order valence-corrected chi connectivity index (χ2v) is 7.69. The Morgan fingerprint density at radius 2 is 2.24 bits per heavy atom. The lowest BCUT2D eigenvalue weighted by Gasteiger charge is -2.08. The van der Waals surface area contributed by atoms with Crippen LogP contribution in [0, 0.1) is 0 Å². The van der Waals surface area contributed by atoms with Crippen LogP contribution in [0.2, 0.25) is 0 Å². The molecule has 7 nitrogen and oxygen atoms in total. The van der Waals surface area contributed by atoms with Crippen LogP contribution in [0.5, 0.6) is 0 Å². The van der Waals surface area contributed by atoms with Crippen LogP contribution in [0.4, 0.5) is 10.5 Å². The largest absolute Gasteiger partial charge is 0.431 e. The molecule has 132 valence electrons. The van der Waals surface area contributed by atoms with Gasteiger partial charge in [-0.05, 0) is 35.3 Å². The van der Waals surface area contributed by atoms with Crippen LogP contribution in [0.3, 0.4) is 0 Å². The molecule has 0 bridgehead atoms. The number of fused-ring (bicyclic) bond motifs is 1. The van der Waals surface area contributed by atoms with Crippen molar-refractivity contribution in [1.82, 2.24) is 19.9 Å². The summed E-state index contributed by atoms with van der Waals surface area (Å²) >= 11 is 2.85. The maximum Gasteiger partial charge on any atom is 0.319 e. The molecular formula is C16H19N5O2S2. The van der Waals surface area contributed by atoms with E-state index in [4.69, 9.17) is 4.42 Å². The zero-order valence-corrected chi connectivity index (χ0v) is 15.8. The van der Waals surface area contributed by atoms with Gasteiger partial charge in [0.2, 0.25) is 0 Å². The summed E-state index contributed by atoms with van der Waals surface area (Å²) in [6.45, 7) is 6.55. The maximum atomic E-state index is 12.1. The smallest absolute Gasteiger partial charge is 0.319 e. The fourth-order valence-electron chi connectivity index (χ4n) is 2.28. The molecule has 0 fully saturated rings. The van der Waals surface area contributed by atoms with E-state index in [9.17, 15) is 4.79 Å². The average molecular weight is 377 g/mol. The minimum absolute atomic E-state index is 0.280. The van der Waals surface area contributed by atoms with E-state index >= 15 is 0 Å². The molecule has 0 atom stereocenters. The van der Waals surface area contributed by atoms with Crippen molar-refractivity contribution in [2.24, 2.45) is 0 Å². The van der Waals surface area contributed by atoms with E-state index in [1.807, 2.05) is 13.0 Å². The summed E-state index contributed by atoms with van der Waals surface area (Å²) < 4.78 is 9.61. The van der Waals surface area contributed by atoms with Crippen molar-refractivity contribution in [3.63, 3.8) is 0 Å². The summed E-state index contributed by atoms with van der Waals surface area (Å²) in [6, 6.07) is 5.12. The molecule has 1 aromatic carbocycles. The maximum absolute atomic E-state index is 12.1. The van der Waals surface area contributed by atoms with Gasteiger partial charge in [-0.25, -0.2) is 9.78 Å². The highest BCUT2D eigenvalue weighted by molar-refractivity contribution is 7.99. The van der Waals surface area contributed by atoms with E-state index in [0.717, 1.165) is 21.8 Å². The molecule has 9 heteroatoms. The highest BCUT2D eigenvalue weighted by atomic mass is 32.2. The van der Waals surface area contributed by atoms with E-state index in [0.29, 0.717) is 23.0 Å². The number of nitrogens with zero attached hydrogens (tertiary/aromatic N) is 3. The summed E-state index contributed by atoms with van der Waals surface area (Å²) in [4.78, 5) is 17.5. The molecule has 0 radical (unpaired) electrons. The Balaban J connectivity index is 1.62. The Labute approximate surface area is 153 Å². The summed E-state index contributed by atoms with van der Waals surface area (Å²) in [5, 5.41) is 10.4. The summed E-state index contributed by atoms with van der Waals surface area (Å²) in [6.07, 6.45) is 0. The summed E-state index contributed by atoms with van der Waals surface area (Å²) in [5.74, 6) is 1.17. The van der Waals surface area contributed by atoms with Gasteiger partial charge in [-0.2, -0.15) is 0 Å². The van der Waals surface area contributed by atoms with Crippen LogP contribution < -0.4 is 10.6 Å². The van der Waals surface area contributed by atoms with Gasteiger partial charge in [0, 0.05) is 11.8 Å². The fourth-order valence-corrected chi connectivity index (χ4v) is 3.57. The van der Waals surface area contributed by atoms with E-state index in [1.54, 1.807) is 23.9 Å². The normalized spacial score (nSPS) is 11.2. The minimum atomic E-state index is -0.287. The third kappa shape index (κ3) is 4.29. The number of carbonyl (C=O) groups excluding carboxylic acids is 1. The molecule has 0 spiro atoms. The molecule has 25 heavy (non-hydrogen) atoms. The van der Waals surface area contributed by atoms with Crippen molar-refractivity contribution >= 4 is 46.1 Å². The van der Waals surface area contributed by atoms with Gasteiger partial charge in [0.25, 0.3) is 5.22 Å². The van der Waals surface area contributed by atoms with Gasteiger partial charge in [-0.15, -0.1) is 5.10 Å². The second kappa shape index (κ2) is 7.83. The average Bonchev–Trinajstić information content (AvgIpc) is 3.19. The third-order valence-corrected chi connectivity index (χ3v) is 4.88. The summed E-state index contributed by atoms with van der Waals surface area (Å²) in [5.41, 5.74) is 3.01. The second-order valence-electron chi connectivity index (χ2n) is 5.64. The standard InChI is InChI=1S/C16H19N5O2S2/c1-4-24-16-19-11-6-5-10(7-12(11)23-16)18-15(22)17-8-13-14(9(2)3)20-21-25-13/h5-7,9H,4,8H2,1-3H3,(H2,17,18,22). The van der Waals surface area contributed by atoms with Gasteiger partial charge in [0.05, 0.1) is 17.1 Å². The quantitative estimate of drug-likeness (QED) is 0.624. The predicted molar refractivity (Wildman–Crippen MR) is 100 cm³/mol. The van der Waals surface area contributed by atoms with Crippen LogP contribution in [-0.4, -0.2) is 26.4 Å². The summed E-state index contributed by atoms with van der Waals surface area (Å²) in [7, 11) is 0. The Kier molecular flexibility index (Phi) is 5.54. The minimum Gasteiger partial charge on any atom is -0.431 e. The van der Waals surface area contributed by atoms with Gasteiger partial charge < -0.3 is 15.1 Å². The number of hydrogen-bond acceptors (Lipinski definition) is 7. The van der Waals surface area contributed by atoms with E-state index in [2.05, 4.69) is 39.1 Å². The van der Waals surface area contributed by atoms with Crippen molar-refractivity contribution in [3.05, 3.63) is 28.8 Å². The topological polar surface area (TPSA) is 92.9 Å².